The fourth-order valence-corrected chi connectivity index (χ4v) is 1.37. The normalized spacial score (nSPS) is 18.8. The average molecular weight is 180 g/mol. The van der Waals surface area contributed by atoms with E-state index < -0.39 is 0 Å². The Morgan fingerprint density at radius 2 is 2.46 bits per heavy atom. The van der Waals surface area contributed by atoms with Gasteiger partial charge in [0, 0.05) is 12.6 Å². The van der Waals surface area contributed by atoms with Gasteiger partial charge in [0.05, 0.1) is 0 Å². The molecule has 1 heterocycles. The lowest BCUT2D eigenvalue weighted by Crippen LogP contribution is -2.25. The van der Waals surface area contributed by atoms with E-state index in [-0.39, 0.29) is 0 Å². The zero-order chi connectivity index (χ0) is 9.10. The minimum absolute atomic E-state index is 0.627. The van der Waals surface area contributed by atoms with Crippen LogP contribution in [0.1, 0.15) is 19.8 Å². The van der Waals surface area contributed by atoms with Crippen LogP contribution < -0.4 is 5.32 Å². The minimum Gasteiger partial charge on any atom is -0.314 e. The second-order valence-electron chi connectivity index (χ2n) is 3.91. The molecule has 1 unspecified atom stereocenters. The summed E-state index contributed by atoms with van der Waals surface area (Å²) >= 11 is 0. The lowest BCUT2D eigenvalue weighted by Gasteiger charge is -2.11. The van der Waals surface area contributed by atoms with Crippen LogP contribution in [0.5, 0.6) is 0 Å². The van der Waals surface area contributed by atoms with E-state index in [1.54, 1.807) is 12.7 Å². The van der Waals surface area contributed by atoms with Gasteiger partial charge in [0.15, 0.2) is 0 Å². The summed E-state index contributed by atoms with van der Waals surface area (Å²) in [6.07, 6.45) is 6.07. The standard InChI is InChI=1S/C9H16N4/c1-8(4-11-9-2-3-9)5-13-7-10-6-12-13/h6-9,11H,2-5H2,1H3. The molecule has 1 aliphatic rings. The molecule has 0 aromatic carbocycles. The summed E-state index contributed by atoms with van der Waals surface area (Å²) in [4.78, 5) is 3.91. The van der Waals surface area contributed by atoms with Crippen LogP contribution in [0.25, 0.3) is 0 Å². The van der Waals surface area contributed by atoms with Crippen molar-refractivity contribution in [1.29, 1.82) is 0 Å². The number of hydrogen-bond acceptors (Lipinski definition) is 3. The molecule has 1 aliphatic carbocycles. The molecule has 1 aromatic heterocycles. The smallest absolute Gasteiger partial charge is 0.137 e. The molecule has 1 fully saturated rings. The maximum Gasteiger partial charge on any atom is 0.137 e. The number of nitrogens with one attached hydrogen (secondary N) is 1. The zero-order valence-electron chi connectivity index (χ0n) is 7.98. The summed E-state index contributed by atoms with van der Waals surface area (Å²) in [5.41, 5.74) is 0. The van der Waals surface area contributed by atoms with Crippen LogP contribution in [0.3, 0.4) is 0 Å². The van der Waals surface area contributed by atoms with Gasteiger partial charge in [0.25, 0.3) is 0 Å². The first-order chi connectivity index (χ1) is 6.34. The van der Waals surface area contributed by atoms with E-state index in [1.807, 2.05) is 4.68 Å². The predicted molar refractivity (Wildman–Crippen MR) is 50.2 cm³/mol. The lowest BCUT2D eigenvalue weighted by molar-refractivity contribution is 0.420. The highest BCUT2D eigenvalue weighted by molar-refractivity contribution is 4.81. The first-order valence-corrected chi connectivity index (χ1v) is 4.90. The Hall–Kier alpha value is -0.900. The Kier molecular flexibility index (Phi) is 2.59. The van der Waals surface area contributed by atoms with Crippen molar-refractivity contribution < 1.29 is 0 Å². The molecule has 1 atom stereocenters. The summed E-state index contributed by atoms with van der Waals surface area (Å²) in [6.45, 7) is 4.28. The molecule has 2 rings (SSSR count). The molecule has 0 bridgehead atoms. The largest absolute Gasteiger partial charge is 0.314 e. The van der Waals surface area contributed by atoms with E-state index in [0.29, 0.717) is 5.92 Å². The van der Waals surface area contributed by atoms with Crippen molar-refractivity contribution in [3.8, 4) is 0 Å². The van der Waals surface area contributed by atoms with Crippen LogP contribution in [-0.4, -0.2) is 27.4 Å². The van der Waals surface area contributed by atoms with E-state index in [9.17, 15) is 0 Å². The maximum absolute atomic E-state index is 4.08. The van der Waals surface area contributed by atoms with Crippen molar-refractivity contribution in [2.24, 2.45) is 5.92 Å². The third-order valence-electron chi connectivity index (χ3n) is 2.30. The van der Waals surface area contributed by atoms with Crippen molar-refractivity contribution in [2.45, 2.75) is 32.4 Å². The van der Waals surface area contributed by atoms with Crippen LogP contribution >= 0.6 is 0 Å². The second kappa shape index (κ2) is 3.87. The Bertz CT molecular complexity index is 240. The summed E-state index contributed by atoms with van der Waals surface area (Å²) in [5.74, 6) is 0.627. The van der Waals surface area contributed by atoms with Crippen LogP contribution in [0.2, 0.25) is 0 Å². The van der Waals surface area contributed by atoms with Crippen molar-refractivity contribution in [2.75, 3.05) is 6.54 Å². The van der Waals surface area contributed by atoms with E-state index in [2.05, 4.69) is 22.3 Å². The van der Waals surface area contributed by atoms with Gasteiger partial charge in [-0.2, -0.15) is 5.10 Å². The molecule has 0 saturated heterocycles. The summed E-state index contributed by atoms with van der Waals surface area (Å²) < 4.78 is 1.89. The highest BCUT2D eigenvalue weighted by Crippen LogP contribution is 2.18. The van der Waals surface area contributed by atoms with Crippen LogP contribution in [0.4, 0.5) is 0 Å². The molecule has 4 heteroatoms. The first-order valence-electron chi connectivity index (χ1n) is 4.90. The van der Waals surface area contributed by atoms with E-state index >= 15 is 0 Å². The Labute approximate surface area is 78.4 Å². The Morgan fingerprint density at radius 3 is 3.08 bits per heavy atom. The molecule has 72 valence electrons. The SMILES string of the molecule is CC(CNC1CC1)Cn1cncn1. The first kappa shape index (κ1) is 8.69. The van der Waals surface area contributed by atoms with Crippen molar-refractivity contribution in [3.05, 3.63) is 12.7 Å². The fraction of sp³-hybridized carbons (Fsp3) is 0.778. The molecular formula is C9H16N4. The van der Waals surface area contributed by atoms with Gasteiger partial charge in [-0.1, -0.05) is 6.92 Å². The summed E-state index contributed by atoms with van der Waals surface area (Å²) in [7, 11) is 0. The van der Waals surface area contributed by atoms with Crippen LogP contribution in [-0.2, 0) is 6.54 Å². The Morgan fingerprint density at radius 1 is 1.62 bits per heavy atom. The quantitative estimate of drug-likeness (QED) is 0.724. The van der Waals surface area contributed by atoms with E-state index in [4.69, 9.17) is 0 Å². The molecule has 4 nitrogen and oxygen atoms in total. The predicted octanol–water partition coefficient (Wildman–Crippen LogP) is 0.666. The van der Waals surface area contributed by atoms with Crippen molar-refractivity contribution in [3.63, 3.8) is 0 Å². The molecule has 13 heavy (non-hydrogen) atoms. The highest BCUT2D eigenvalue weighted by atomic mass is 15.3. The van der Waals surface area contributed by atoms with Gasteiger partial charge in [-0.25, -0.2) is 4.98 Å². The van der Waals surface area contributed by atoms with Gasteiger partial charge in [0.2, 0.25) is 0 Å². The average Bonchev–Trinajstić information content (AvgIpc) is 2.82. The Balaban J connectivity index is 1.68. The number of nitrogens with zero attached hydrogens (tertiary/aromatic N) is 3. The lowest BCUT2D eigenvalue weighted by atomic mass is 10.2. The topological polar surface area (TPSA) is 42.7 Å². The third kappa shape index (κ3) is 2.81. The maximum atomic E-state index is 4.08. The molecule has 1 aromatic rings. The van der Waals surface area contributed by atoms with Crippen LogP contribution in [0.15, 0.2) is 12.7 Å². The van der Waals surface area contributed by atoms with Gasteiger partial charge in [0.1, 0.15) is 12.7 Å². The number of rotatable bonds is 5. The van der Waals surface area contributed by atoms with Gasteiger partial charge in [-0.3, -0.25) is 4.68 Å². The fourth-order valence-electron chi connectivity index (χ4n) is 1.37. The molecule has 0 amide bonds. The van der Waals surface area contributed by atoms with E-state index in [1.165, 1.54) is 12.8 Å². The number of hydrogen-bond donors (Lipinski definition) is 1. The van der Waals surface area contributed by atoms with Gasteiger partial charge in [-0.05, 0) is 25.3 Å². The van der Waals surface area contributed by atoms with Crippen molar-refractivity contribution in [1.82, 2.24) is 20.1 Å². The van der Waals surface area contributed by atoms with Gasteiger partial charge >= 0.3 is 0 Å². The van der Waals surface area contributed by atoms with Gasteiger partial charge in [-0.15, -0.1) is 0 Å². The molecule has 1 saturated carbocycles. The zero-order valence-corrected chi connectivity index (χ0v) is 7.98. The third-order valence-corrected chi connectivity index (χ3v) is 2.30. The molecular weight excluding hydrogens is 164 g/mol. The minimum atomic E-state index is 0.627. The van der Waals surface area contributed by atoms with Crippen LogP contribution in [0, 0.1) is 5.92 Å². The molecule has 0 spiro atoms. The number of aromatic nitrogens is 3. The molecule has 0 aliphatic heterocycles. The molecule has 1 N–H and O–H groups in total. The monoisotopic (exact) mass is 180 g/mol. The second-order valence-corrected chi connectivity index (χ2v) is 3.91. The van der Waals surface area contributed by atoms with Gasteiger partial charge < -0.3 is 5.32 Å². The summed E-state index contributed by atoms with van der Waals surface area (Å²) in [5, 5.41) is 7.58. The highest BCUT2D eigenvalue weighted by Gasteiger charge is 2.20. The summed E-state index contributed by atoms with van der Waals surface area (Å²) in [6, 6.07) is 0.804. The molecule has 0 radical (unpaired) electrons. The van der Waals surface area contributed by atoms with E-state index in [0.717, 1.165) is 19.1 Å². The van der Waals surface area contributed by atoms with Crippen molar-refractivity contribution >= 4 is 0 Å².